The molecule has 0 bridgehead atoms. The van der Waals surface area contributed by atoms with Crippen LogP contribution in [-0.2, 0) is 10.3 Å². The van der Waals surface area contributed by atoms with Crippen molar-refractivity contribution >= 4 is 44.9 Å². The molecule has 0 radical (unpaired) electrons. The van der Waals surface area contributed by atoms with Gasteiger partial charge in [0.15, 0.2) is 0 Å². The Hall–Kier alpha value is -3.45. The zero-order valence-electron chi connectivity index (χ0n) is 14.9. The number of anilines is 3. The van der Waals surface area contributed by atoms with Gasteiger partial charge in [0.25, 0.3) is 11.5 Å². The fraction of sp³-hybridized carbons (Fsp3) is 0. The monoisotopic (exact) mass is 451 g/mol. The third kappa shape index (κ3) is 4.26. The van der Waals surface area contributed by atoms with Gasteiger partial charge in [0.1, 0.15) is 5.69 Å². The normalized spacial score (nSPS) is 11.2. The molecule has 0 fully saturated rings. The number of halogens is 1. The van der Waals surface area contributed by atoms with Crippen LogP contribution in [0.15, 0.2) is 64.3 Å². The van der Waals surface area contributed by atoms with Crippen molar-refractivity contribution in [1.29, 1.82) is 0 Å². The second-order valence-corrected chi connectivity index (χ2v) is 7.54. The summed E-state index contributed by atoms with van der Waals surface area (Å²) in [6.07, 6.45) is 0.826. The first-order chi connectivity index (χ1) is 14.1. The summed E-state index contributed by atoms with van der Waals surface area (Å²) in [7, 11) is -4.95. The topological polar surface area (TPSA) is 170 Å². The van der Waals surface area contributed by atoms with E-state index in [2.05, 4.69) is 4.98 Å². The second-order valence-electron chi connectivity index (χ2n) is 5.87. The molecule has 2 aromatic carbocycles. The van der Waals surface area contributed by atoms with Crippen molar-refractivity contribution in [1.82, 2.24) is 9.97 Å². The van der Waals surface area contributed by atoms with E-state index in [-0.39, 0.29) is 22.0 Å². The number of nitrogens with two attached hydrogens (primary N) is 1. The van der Waals surface area contributed by atoms with Crippen molar-refractivity contribution in [3.63, 3.8) is 0 Å². The van der Waals surface area contributed by atoms with E-state index >= 15 is 0 Å². The van der Waals surface area contributed by atoms with E-state index in [0.717, 1.165) is 11.2 Å². The van der Waals surface area contributed by atoms with Crippen molar-refractivity contribution in [2.45, 2.75) is 0 Å². The van der Waals surface area contributed by atoms with E-state index in [9.17, 15) is 27.4 Å². The summed E-state index contributed by atoms with van der Waals surface area (Å²) in [6.45, 7) is 0. The third-order valence-corrected chi connectivity index (χ3v) is 5.12. The summed E-state index contributed by atoms with van der Waals surface area (Å²) in [5.74, 6) is 5.19. The highest BCUT2D eigenvalue weighted by Gasteiger charge is 2.25. The molecule has 1 aromatic heterocycles. The SMILES string of the molecule is NN(C(=O)c1ccc(N(c2c[nH]c(=O)[nH]c2=O)S(=O)(=O)O)cc1)c1ccccc1Cl. The zero-order valence-corrected chi connectivity index (χ0v) is 16.5. The number of nitrogens with zero attached hydrogens (tertiary/aromatic N) is 2. The van der Waals surface area contributed by atoms with Gasteiger partial charge >= 0.3 is 16.0 Å². The first kappa shape index (κ1) is 21.3. The Kier molecular flexibility index (Phi) is 5.75. The summed E-state index contributed by atoms with van der Waals surface area (Å²) in [4.78, 5) is 39.7. The number of rotatable bonds is 5. The predicted octanol–water partition coefficient (Wildman–Crippen LogP) is 1.18. The molecule has 156 valence electrons. The molecule has 0 aliphatic rings. The molecule has 0 aliphatic carbocycles. The summed E-state index contributed by atoms with van der Waals surface area (Å²) in [5.41, 5.74) is -2.31. The lowest BCUT2D eigenvalue weighted by Crippen LogP contribution is -2.37. The number of hydrogen-bond donors (Lipinski definition) is 4. The smallest absolute Gasteiger partial charge is 0.312 e. The Morgan fingerprint density at radius 1 is 1.03 bits per heavy atom. The molecule has 1 heterocycles. The third-order valence-electron chi connectivity index (χ3n) is 3.93. The Morgan fingerprint density at radius 2 is 1.67 bits per heavy atom. The summed E-state index contributed by atoms with van der Waals surface area (Å²) in [6, 6.07) is 11.2. The number of aromatic amines is 2. The molecule has 0 unspecified atom stereocenters. The summed E-state index contributed by atoms with van der Waals surface area (Å²) in [5, 5.41) is 1.07. The van der Waals surface area contributed by atoms with Gasteiger partial charge in [0, 0.05) is 11.8 Å². The number of carbonyl (C=O) groups excluding carboxylic acids is 1. The van der Waals surface area contributed by atoms with Crippen molar-refractivity contribution in [3.8, 4) is 0 Å². The van der Waals surface area contributed by atoms with Gasteiger partial charge in [-0.1, -0.05) is 23.7 Å². The Bertz CT molecular complexity index is 1320. The minimum atomic E-state index is -4.95. The minimum absolute atomic E-state index is 0.0758. The first-order valence-electron chi connectivity index (χ1n) is 8.13. The molecule has 0 aliphatic heterocycles. The van der Waals surface area contributed by atoms with Crippen LogP contribution in [0.3, 0.4) is 0 Å². The molecule has 13 heteroatoms. The number of para-hydroxylation sites is 1. The highest BCUT2D eigenvalue weighted by molar-refractivity contribution is 7.87. The predicted molar refractivity (Wildman–Crippen MR) is 110 cm³/mol. The second kappa shape index (κ2) is 8.12. The van der Waals surface area contributed by atoms with Crippen molar-refractivity contribution in [2.24, 2.45) is 5.84 Å². The van der Waals surface area contributed by atoms with Crippen molar-refractivity contribution in [3.05, 3.63) is 86.2 Å². The molecule has 3 rings (SSSR count). The standard InChI is InChI=1S/C17H14ClN5O6S/c18-12-3-1-2-4-13(12)22(19)16(25)10-5-7-11(8-6-10)23(30(27,28)29)14-9-20-17(26)21-15(14)24/h1-9H,19H2,(H,27,28,29)(H2,20,21,24,26). The summed E-state index contributed by atoms with van der Waals surface area (Å²) >= 11 is 6.03. The maximum absolute atomic E-state index is 12.6. The molecule has 0 saturated carbocycles. The molecule has 5 N–H and O–H groups in total. The van der Waals surface area contributed by atoms with E-state index in [4.69, 9.17) is 17.4 Å². The molecular weight excluding hydrogens is 438 g/mol. The van der Waals surface area contributed by atoms with Gasteiger partial charge in [-0.15, -0.1) is 0 Å². The number of H-pyrrole nitrogens is 2. The first-order valence-corrected chi connectivity index (χ1v) is 9.90. The molecule has 11 nitrogen and oxygen atoms in total. The largest absolute Gasteiger partial charge is 0.364 e. The van der Waals surface area contributed by atoms with Gasteiger partial charge in [-0.05, 0) is 36.4 Å². The van der Waals surface area contributed by atoms with Crippen LogP contribution in [0.25, 0.3) is 0 Å². The number of hydrazine groups is 1. The van der Waals surface area contributed by atoms with E-state index < -0.39 is 33.1 Å². The van der Waals surface area contributed by atoms with Crippen LogP contribution >= 0.6 is 11.6 Å². The quantitative estimate of drug-likeness (QED) is 0.195. The molecular formula is C17H14ClN5O6S. The van der Waals surface area contributed by atoms with Gasteiger partial charge < -0.3 is 4.98 Å². The number of benzene rings is 2. The van der Waals surface area contributed by atoms with Gasteiger partial charge in [0.05, 0.1) is 16.4 Å². The maximum atomic E-state index is 12.6. The lowest BCUT2D eigenvalue weighted by Gasteiger charge is -2.21. The van der Waals surface area contributed by atoms with Gasteiger partial charge in [-0.2, -0.15) is 8.42 Å². The number of nitrogens with one attached hydrogen (secondary N) is 2. The Labute approximate surface area is 174 Å². The summed E-state index contributed by atoms with van der Waals surface area (Å²) < 4.78 is 33.6. The molecule has 3 aromatic rings. The highest BCUT2D eigenvalue weighted by atomic mass is 35.5. The Balaban J connectivity index is 1.98. The number of amides is 1. The van der Waals surface area contributed by atoms with E-state index in [1.165, 1.54) is 30.3 Å². The van der Waals surface area contributed by atoms with E-state index in [1.807, 2.05) is 4.98 Å². The fourth-order valence-electron chi connectivity index (χ4n) is 2.59. The maximum Gasteiger partial charge on any atom is 0.364 e. The zero-order chi connectivity index (χ0) is 22.1. The van der Waals surface area contributed by atoms with Crippen LogP contribution in [0.2, 0.25) is 5.02 Å². The molecule has 0 spiro atoms. The molecule has 0 saturated heterocycles. The van der Waals surface area contributed by atoms with E-state index in [1.54, 1.807) is 18.2 Å². The van der Waals surface area contributed by atoms with Crippen LogP contribution < -0.4 is 26.4 Å². The van der Waals surface area contributed by atoms with Crippen LogP contribution in [0.4, 0.5) is 17.1 Å². The van der Waals surface area contributed by atoms with Crippen LogP contribution in [0, 0.1) is 0 Å². The molecule has 30 heavy (non-hydrogen) atoms. The van der Waals surface area contributed by atoms with Crippen molar-refractivity contribution < 1.29 is 17.8 Å². The highest BCUT2D eigenvalue weighted by Crippen LogP contribution is 2.27. The number of carbonyl (C=O) groups is 1. The van der Waals surface area contributed by atoms with Gasteiger partial charge in [-0.25, -0.2) is 20.0 Å². The Morgan fingerprint density at radius 3 is 2.23 bits per heavy atom. The molecule has 1 amide bonds. The van der Waals surface area contributed by atoms with Crippen LogP contribution in [0.5, 0.6) is 0 Å². The lowest BCUT2D eigenvalue weighted by molar-refractivity contribution is 0.0987. The average molecular weight is 452 g/mol. The van der Waals surface area contributed by atoms with E-state index in [0.29, 0.717) is 4.31 Å². The fourth-order valence-corrected chi connectivity index (χ4v) is 3.58. The average Bonchev–Trinajstić information content (AvgIpc) is 2.69. The number of aromatic nitrogens is 2. The molecule has 0 atom stereocenters. The van der Waals surface area contributed by atoms with Crippen molar-refractivity contribution in [2.75, 3.05) is 9.31 Å². The van der Waals surface area contributed by atoms with Gasteiger partial charge in [0.2, 0.25) is 0 Å². The van der Waals surface area contributed by atoms with Crippen LogP contribution in [0.1, 0.15) is 10.4 Å². The lowest BCUT2D eigenvalue weighted by atomic mass is 10.1. The minimum Gasteiger partial charge on any atom is -0.312 e. The number of hydrogen-bond acceptors (Lipinski definition) is 6. The van der Waals surface area contributed by atoms with Gasteiger partial charge in [-0.3, -0.25) is 19.1 Å². The van der Waals surface area contributed by atoms with Crippen LogP contribution in [-0.4, -0.2) is 28.8 Å².